The van der Waals surface area contributed by atoms with Crippen molar-refractivity contribution in [2.24, 2.45) is 0 Å². The Hall–Kier alpha value is -2.61. The van der Waals surface area contributed by atoms with Crippen LogP contribution in [0, 0.1) is 12.7 Å². The van der Waals surface area contributed by atoms with Crippen LogP contribution in [0.1, 0.15) is 10.6 Å². The molecule has 0 spiro atoms. The third-order valence-electron chi connectivity index (χ3n) is 4.38. The van der Waals surface area contributed by atoms with Crippen LogP contribution in [-0.4, -0.2) is 15.4 Å². The second-order valence-corrected chi connectivity index (χ2v) is 8.23. The van der Waals surface area contributed by atoms with E-state index >= 15 is 0 Å². The van der Waals surface area contributed by atoms with Gasteiger partial charge in [0.25, 0.3) is 0 Å². The first-order chi connectivity index (χ1) is 13.9. The molecule has 0 aliphatic rings. The topological polar surface area (TPSA) is 58.4 Å². The van der Waals surface area contributed by atoms with Crippen LogP contribution in [0.5, 0.6) is 0 Å². The molecule has 0 saturated heterocycles. The van der Waals surface area contributed by atoms with Gasteiger partial charge in [-0.1, -0.05) is 34.5 Å². The van der Waals surface area contributed by atoms with Gasteiger partial charge in [0, 0.05) is 27.4 Å². The van der Waals surface area contributed by atoms with Gasteiger partial charge in [-0.25, -0.2) is 14.2 Å². The van der Waals surface area contributed by atoms with E-state index in [1.807, 2.05) is 17.5 Å². The first kappa shape index (κ1) is 19.7. The molecule has 0 aliphatic carbocycles. The van der Waals surface area contributed by atoms with Crippen molar-refractivity contribution in [2.75, 3.05) is 5.32 Å². The van der Waals surface area contributed by atoms with Crippen molar-refractivity contribution in [2.45, 2.75) is 13.5 Å². The summed E-state index contributed by atoms with van der Waals surface area (Å²) in [4.78, 5) is 18.6. The second kappa shape index (κ2) is 8.02. The van der Waals surface area contributed by atoms with Crippen molar-refractivity contribution < 1.29 is 9.18 Å². The molecule has 4 rings (SSSR count). The molecule has 9 heteroatoms. The lowest BCUT2D eigenvalue weighted by molar-refractivity contribution is 0.252. The maximum absolute atomic E-state index is 13.1. The lowest BCUT2D eigenvalue weighted by Crippen LogP contribution is -2.28. The molecule has 2 aromatic carbocycles. The number of aromatic nitrogens is 2. The number of nitrogens with one attached hydrogen (secondary N) is 2. The zero-order chi connectivity index (χ0) is 20.5. The van der Waals surface area contributed by atoms with Crippen LogP contribution in [0.4, 0.5) is 14.9 Å². The average molecular weight is 449 g/mol. The minimum Gasteiger partial charge on any atom is -0.333 e. The Morgan fingerprint density at radius 1 is 1.21 bits per heavy atom. The number of rotatable bonds is 4. The fourth-order valence-electron chi connectivity index (χ4n) is 2.84. The molecule has 0 radical (unpaired) electrons. The summed E-state index contributed by atoms with van der Waals surface area (Å²) >= 11 is 13.4. The maximum Gasteiger partial charge on any atom is 0.319 e. The molecule has 29 heavy (non-hydrogen) atoms. The molecule has 0 saturated carbocycles. The lowest BCUT2D eigenvalue weighted by Gasteiger charge is -2.09. The molecule has 148 valence electrons. The molecule has 0 atom stereocenters. The smallest absolute Gasteiger partial charge is 0.319 e. The Bertz CT molecular complexity index is 1200. The maximum atomic E-state index is 13.1. The van der Waals surface area contributed by atoms with Gasteiger partial charge in [0.2, 0.25) is 0 Å². The van der Waals surface area contributed by atoms with E-state index in [9.17, 15) is 9.18 Å². The number of thiazole rings is 1. The van der Waals surface area contributed by atoms with Gasteiger partial charge < -0.3 is 10.6 Å². The molecule has 2 amide bonds. The highest BCUT2D eigenvalue weighted by Crippen LogP contribution is 2.28. The summed E-state index contributed by atoms with van der Waals surface area (Å²) in [5.74, 6) is -0.280. The molecule has 0 fully saturated rings. The number of aryl methyl sites for hydroxylation is 1. The molecule has 4 aromatic rings. The highest BCUT2D eigenvalue weighted by atomic mass is 35.5. The minimum atomic E-state index is -0.369. The molecule has 2 N–H and O–H groups in total. The van der Waals surface area contributed by atoms with Gasteiger partial charge in [-0.15, -0.1) is 0 Å². The molecule has 2 heterocycles. The van der Waals surface area contributed by atoms with Gasteiger partial charge >= 0.3 is 6.03 Å². The van der Waals surface area contributed by atoms with E-state index in [-0.39, 0.29) is 11.8 Å². The van der Waals surface area contributed by atoms with E-state index in [1.165, 1.54) is 23.5 Å². The first-order valence-corrected chi connectivity index (χ1v) is 10.2. The first-order valence-electron chi connectivity index (χ1n) is 8.64. The number of nitrogens with zero attached hydrogens (tertiary/aromatic N) is 2. The highest BCUT2D eigenvalue weighted by molar-refractivity contribution is 7.17. The molecule has 0 bridgehead atoms. The fourth-order valence-corrected chi connectivity index (χ4v) is 4.33. The van der Waals surface area contributed by atoms with E-state index in [0.29, 0.717) is 22.3 Å². The number of carbonyl (C=O) groups excluding carboxylic acids is 1. The molecule has 0 unspecified atom stereocenters. The zero-order valence-corrected chi connectivity index (χ0v) is 17.5. The van der Waals surface area contributed by atoms with Crippen LogP contribution in [0.3, 0.4) is 0 Å². The normalized spacial score (nSPS) is 11.0. The van der Waals surface area contributed by atoms with Crippen molar-refractivity contribution in [3.05, 3.63) is 75.1 Å². The predicted octanol–water partition coefficient (Wildman–Crippen LogP) is 6.14. The summed E-state index contributed by atoms with van der Waals surface area (Å²) in [6.07, 6.45) is 1.91. The number of halogens is 3. The van der Waals surface area contributed by atoms with E-state index in [2.05, 4.69) is 15.6 Å². The van der Waals surface area contributed by atoms with Crippen LogP contribution >= 0.6 is 34.5 Å². The van der Waals surface area contributed by atoms with Crippen molar-refractivity contribution >= 4 is 51.2 Å². The zero-order valence-electron chi connectivity index (χ0n) is 15.2. The van der Waals surface area contributed by atoms with Gasteiger partial charge in [-0.05, 0) is 49.4 Å². The van der Waals surface area contributed by atoms with E-state index in [0.717, 1.165) is 26.8 Å². The van der Waals surface area contributed by atoms with Crippen LogP contribution in [0.15, 0.2) is 48.7 Å². The SMILES string of the molecule is Cc1c(CNC(=O)Nc2ccc(Cl)cc2Cl)sc2nc(-c3ccc(F)cc3)cn12. The third kappa shape index (κ3) is 4.22. The Morgan fingerprint density at radius 2 is 1.97 bits per heavy atom. The number of hydrogen-bond acceptors (Lipinski definition) is 3. The number of hydrogen-bond donors (Lipinski definition) is 2. The Kier molecular flexibility index (Phi) is 5.45. The number of benzene rings is 2. The fraction of sp³-hybridized carbons (Fsp3) is 0.100. The van der Waals surface area contributed by atoms with Crippen molar-refractivity contribution in [3.8, 4) is 11.3 Å². The second-order valence-electron chi connectivity index (χ2n) is 6.33. The molecular weight excluding hydrogens is 434 g/mol. The molecule has 2 aromatic heterocycles. The van der Waals surface area contributed by atoms with Gasteiger partial charge in [0.15, 0.2) is 4.96 Å². The number of fused-ring (bicyclic) bond motifs is 1. The summed E-state index contributed by atoms with van der Waals surface area (Å²) in [5, 5.41) is 6.39. The number of anilines is 1. The number of imidazole rings is 1. The molecular formula is C20H15Cl2FN4OS. The van der Waals surface area contributed by atoms with Crippen LogP contribution in [0.2, 0.25) is 10.0 Å². The number of amides is 2. The van der Waals surface area contributed by atoms with Crippen molar-refractivity contribution in [1.82, 2.24) is 14.7 Å². The molecule has 0 aliphatic heterocycles. The predicted molar refractivity (Wildman–Crippen MR) is 116 cm³/mol. The highest BCUT2D eigenvalue weighted by Gasteiger charge is 2.14. The lowest BCUT2D eigenvalue weighted by atomic mass is 10.2. The minimum absolute atomic E-state index is 0.280. The van der Waals surface area contributed by atoms with Gasteiger partial charge in [-0.3, -0.25) is 4.40 Å². The van der Waals surface area contributed by atoms with Crippen LogP contribution in [-0.2, 0) is 6.54 Å². The molecule has 5 nitrogen and oxygen atoms in total. The van der Waals surface area contributed by atoms with Gasteiger partial charge in [-0.2, -0.15) is 0 Å². The standard InChI is InChI=1S/C20H15Cl2FN4OS/c1-11-18(9-24-19(28)25-16-7-4-13(21)8-15(16)22)29-20-26-17(10-27(11)20)12-2-5-14(23)6-3-12/h2-8,10H,9H2,1H3,(H2,24,25,28). The van der Waals surface area contributed by atoms with E-state index in [1.54, 1.807) is 30.3 Å². The summed E-state index contributed by atoms with van der Waals surface area (Å²) < 4.78 is 15.1. The van der Waals surface area contributed by atoms with Gasteiger partial charge in [0.05, 0.1) is 22.9 Å². The number of carbonyl (C=O) groups is 1. The Morgan fingerprint density at radius 3 is 2.66 bits per heavy atom. The van der Waals surface area contributed by atoms with Crippen molar-refractivity contribution in [3.63, 3.8) is 0 Å². The monoisotopic (exact) mass is 448 g/mol. The average Bonchev–Trinajstić information content (AvgIpc) is 3.22. The summed E-state index contributed by atoms with van der Waals surface area (Å²) in [6, 6.07) is 10.7. The summed E-state index contributed by atoms with van der Waals surface area (Å²) in [5.41, 5.74) is 3.08. The van der Waals surface area contributed by atoms with Gasteiger partial charge in [0.1, 0.15) is 5.82 Å². The summed E-state index contributed by atoms with van der Waals surface area (Å²) in [6.45, 7) is 2.31. The van der Waals surface area contributed by atoms with Crippen LogP contribution in [0.25, 0.3) is 16.2 Å². The number of urea groups is 1. The van der Waals surface area contributed by atoms with E-state index in [4.69, 9.17) is 23.2 Å². The largest absolute Gasteiger partial charge is 0.333 e. The Labute approximate surface area is 180 Å². The third-order valence-corrected chi connectivity index (χ3v) is 6.09. The van der Waals surface area contributed by atoms with Crippen LogP contribution < -0.4 is 10.6 Å². The van der Waals surface area contributed by atoms with Crippen molar-refractivity contribution in [1.29, 1.82) is 0 Å². The van der Waals surface area contributed by atoms with E-state index < -0.39 is 0 Å². The Balaban J connectivity index is 1.45. The quantitative estimate of drug-likeness (QED) is 0.393. The summed E-state index contributed by atoms with van der Waals surface area (Å²) in [7, 11) is 0.